The van der Waals surface area contributed by atoms with Crippen LogP contribution in [0.2, 0.25) is 0 Å². The lowest BCUT2D eigenvalue weighted by molar-refractivity contribution is 0.0986. The average Bonchev–Trinajstić information content (AvgIpc) is 2.74. The minimum absolute atomic E-state index is 0.0607. The number of carbonyl (C=O) groups excluding carboxylic acids is 1. The minimum Gasteiger partial charge on any atom is -0.469 e. The van der Waals surface area contributed by atoms with Gasteiger partial charge in [0.2, 0.25) is 0 Å². The van der Waals surface area contributed by atoms with Gasteiger partial charge in [-0.25, -0.2) is 0 Å². The quantitative estimate of drug-likeness (QED) is 0.800. The number of hydrogen-bond donors (Lipinski definition) is 0. The summed E-state index contributed by atoms with van der Waals surface area (Å²) in [5.41, 5.74) is 1.77. The van der Waals surface area contributed by atoms with E-state index < -0.39 is 0 Å². The fourth-order valence-corrected chi connectivity index (χ4v) is 2.01. The summed E-state index contributed by atoms with van der Waals surface area (Å²) in [6, 6.07) is 9.26. The molecule has 0 amide bonds. The van der Waals surface area contributed by atoms with Crippen molar-refractivity contribution in [2.75, 3.05) is 0 Å². The fraction of sp³-hybridized carbons (Fsp3) is 0.154. The first-order valence-electron chi connectivity index (χ1n) is 4.99. The van der Waals surface area contributed by atoms with Crippen LogP contribution in [0.1, 0.15) is 21.7 Å². The number of furan rings is 1. The molecule has 2 rings (SSSR count). The molecule has 0 atom stereocenters. The first kappa shape index (κ1) is 11.1. The third-order valence-electron chi connectivity index (χ3n) is 2.41. The molecule has 3 heteroatoms. The fourth-order valence-electron chi connectivity index (χ4n) is 1.53. The van der Waals surface area contributed by atoms with Gasteiger partial charge in [-0.1, -0.05) is 18.2 Å². The molecule has 0 bridgehead atoms. The van der Waals surface area contributed by atoms with Crippen LogP contribution < -0.4 is 0 Å². The highest BCUT2D eigenvalue weighted by molar-refractivity contribution is 9.10. The van der Waals surface area contributed by atoms with Gasteiger partial charge in [0.25, 0.3) is 0 Å². The Morgan fingerprint density at radius 3 is 2.81 bits per heavy atom. The van der Waals surface area contributed by atoms with E-state index in [1.54, 1.807) is 12.3 Å². The SMILES string of the molecule is Cc1cccc(C(=O)Cc2ccco2)c1Br. The standard InChI is InChI=1S/C13H11BrO2/c1-9-4-2-6-11(13(9)14)12(15)8-10-5-3-7-16-10/h2-7H,8H2,1H3. The van der Waals surface area contributed by atoms with Crippen LogP contribution in [0.15, 0.2) is 45.5 Å². The topological polar surface area (TPSA) is 30.2 Å². The second-order valence-electron chi connectivity index (χ2n) is 3.62. The van der Waals surface area contributed by atoms with Gasteiger partial charge in [0, 0.05) is 10.0 Å². The van der Waals surface area contributed by atoms with Crippen LogP contribution in [0, 0.1) is 6.92 Å². The lowest BCUT2D eigenvalue weighted by Crippen LogP contribution is -2.04. The number of hydrogen-bond acceptors (Lipinski definition) is 2. The Morgan fingerprint density at radius 2 is 2.12 bits per heavy atom. The summed E-state index contributed by atoms with van der Waals surface area (Å²) in [6.45, 7) is 1.97. The van der Waals surface area contributed by atoms with Crippen LogP contribution in [-0.4, -0.2) is 5.78 Å². The number of rotatable bonds is 3. The highest BCUT2D eigenvalue weighted by Crippen LogP contribution is 2.22. The third kappa shape index (κ3) is 2.25. The lowest BCUT2D eigenvalue weighted by atomic mass is 10.0. The van der Waals surface area contributed by atoms with Gasteiger partial charge in [-0.2, -0.15) is 0 Å². The predicted molar refractivity (Wildman–Crippen MR) is 65.6 cm³/mol. The van der Waals surface area contributed by atoms with E-state index in [2.05, 4.69) is 15.9 Å². The molecule has 0 aliphatic heterocycles. The zero-order valence-electron chi connectivity index (χ0n) is 8.87. The van der Waals surface area contributed by atoms with Gasteiger partial charge in [0.1, 0.15) is 5.76 Å². The van der Waals surface area contributed by atoms with Gasteiger partial charge < -0.3 is 4.42 Å². The van der Waals surface area contributed by atoms with E-state index in [0.717, 1.165) is 10.0 Å². The van der Waals surface area contributed by atoms with Crippen molar-refractivity contribution in [2.45, 2.75) is 13.3 Å². The maximum atomic E-state index is 12.0. The zero-order valence-corrected chi connectivity index (χ0v) is 10.5. The van der Waals surface area contributed by atoms with Crippen LogP contribution in [0.5, 0.6) is 0 Å². The zero-order chi connectivity index (χ0) is 11.5. The Morgan fingerprint density at radius 1 is 1.31 bits per heavy atom. The van der Waals surface area contributed by atoms with Gasteiger partial charge in [-0.3, -0.25) is 4.79 Å². The number of halogens is 1. The van der Waals surface area contributed by atoms with Crippen molar-refractivity contribution in [1.29, 1.82) is 0 Å². The van der Waals surface area contributed by atoms with E-state index in [9.17, 15) is 4.79 Å². The Labute approximate surface area is 102 Å². The molecule has 16 heavy (non-hydrogen) atoms. The first-order chi connectivity index (χ1) is 7.68. The monoisotopic (exact) mass is 278 g/mol. The van der Waals surface area contributed by atoms with Gasteiger partial charge in [-0.15, -0.1) is 0 Å². The molecule has 0 N–H and O–H groups in total. The molecule has 0 saturated carbocycles. The van der Waals surface area contributed by atoms with Crippen molar-refractivity contribution in [3.05, 3.63) is 58.0 Å². The second-order valence-corrected chi connectivity index (χ2v) is 4.41. The van der Waals surface area contributed by atoms with Crippen LogP contribution >= 0.6 is 15.9 Å². The molecule has 0 radical (unpaired) electrons. The highest BCUT2D eigenvalue weighted by atomic mass is 79.9. The van der Waals surface area contributed by atoms with E-state index in [0.29, 0.717) is 17.7 Å². The van der Waals surface area contributed by atoms with Crippen molar-refractivity contribution >= 4 is 21.7 Å². The van der Waals surface area contributed by atoms with Crippen molar-refractivity contribution in [1.82, 2.24) is 0 Å². The van der Waals surface area contributed by atoms with E-state index in [1.165, 1.54) is 0 Å². The molecule has 1 aromatic carbocycles. The smallest absolute Gasteiger partial charge is 0.171 e. The molecule has 0 aliphatic carbocycles. The van der Waals surface area contributed by atoms with Gasteiger partial charge in [0.05, 0.1) is 12.7 Å². The largest absolute Gasteiger partial charge is 0.469 e. The number of ketones is 1. The van der Waals surface area contributed by atoms with Crippen LogP contribution in [0.25, 0.3) is 0 Å². The predicted octanol–water partition coefficient (Wildman–Crippen LogP) is 3.78. The van der Waals surface area contributed by atoms with Crippen LogP contribution in [0.3, 0.4) is 0 Å². The van der Waals surface area contributed by atoms with E-state index in [-0.39, 0.29) is 5.78 Å². The molecule has 0 fully saturated rings. The maximum absolute atomic E-state index is 12.0. The average molecular weight is 279 g/mol. The molecule has 2 nitrogen and oxygen atoms in total. The van der Waals surface area contributed by atoms with Crippen molar-refractivity contribution in [2.24, 2.45) is 0 Å². The lowest BCUT2D eigenvalue weighted by Gasteiger charge is -2.04. The Hall–Kier alpha value is -1.35. The Balaban J connectivity index is 2.24. The molecule has 82 valence electrons. The molecule has 0 unspecified atom stereocenters. The van der Waals surface area contributed by atoms with Gasteiger partial charge in [-0.05, 0) is 40.5 Å². The summed E-state index contributed by atoms with van der Waals surface area (Å²) < 4.78 is 6.03. The van der Waals surface area contributed by atoms with Crippen molar-refractivity contribution < 1.29 is 9.21 Å². The minimum atomic E-state index is 0.0607. The summed E-state index contributed by atoms with van der Waals surface area (Å²) in [6.07, 6.45) is 1.88. The number of Topliss-reactive ketones (excluding diaryl/α,β-unsaturated/α-hetero) is 1. The number of aryl methyl sites for hydroxylation is 1. The molecule has 2 aromatic rings. The molecule has 0 spiro atoms. The Bertz CT molecular complexity index is 501. The summed E-state index contributed by atoms with van der Waals surface area (Å²) in [5, 5.41) is 0. The summed E-state index contributed by atoms with van der Waals surface area (Å²) in [5.74, 6) is 0.754. The second kappa shape index (κ2) is 4.66. The molecular formula is C13H11BrO2. The van der Waals surface area contributed by atoms with E-state index >= 15 is 0 Å². The number of benzene rings is 1. The highest BCUT2D eigenvalue weighted by Gasteiger charge is 2.12. The van der Waals surface area contributed by atoms with Gasteiger partial charge >= 0.3 is 0 Å². The van der Waals surface area contributed by atoms with Crippen molar-refractivity contribution in [3.63, 3.8) is 0 Å². The van der Waals surface area contributed by atoms with Gasteiger partial charge in [0.15, 0.2) is 5.78 Å². The number of carbonyl (C=O) groups is 1. The summed E-state index contributed by atoms with van der Waals surface area (Å²) in [4.78, 5) is 12.0. The maximum Gasteiger partial charge on any atom is 0.171 e. The van der Waals surface area contributed by atoms with E-state index in [1.807, 2.05) is 31.2 Å². The molecule has 0 saturated heterocycles. The first-order valence-corrected chi connectivity index (χ1v) is 5.78. The van der Waals surface area contributed by atoms with Crippen molar-refractivity contribution in [3.8, 4) is 0 Å². The molecule has 1 aromatic heterocycles. The molecule has 0 aliphatic rings. The summed E-state index contributed by atoms with van der Waals surface area (Å²) >= 11 is 3.43. The van der Waals surface area contributed by atoms with E-state index in [4.69, 9.17) is 4.42 Å². The summed E-state index contributed by atoms with van der Waals surface area (Å²) in [7, 11) is 0. The third-order valence-corrected chi connectivity index (χ3v) is 3.46. The Kier molecular flexibility index (Phi) is 3.25. The van der Waals surface area contributed by atoms with Crippen LogP contribution in [-0.2, 0) is 6.42 Å². The molecular weight excluding hydrogens is 268 g/mol. The normalized spacial score (nSPS) is 10.4. The van der Waals surface area contributed by atoms with Crippen LogP contribution in [0.4, 0.5) is 0 Å². The molecule has 1 heterocycles.